The molecule has 0 spiro atoms. The largest absolute Gasteiger partial charge is 0.399 e. The molecule has 0 radical (unpaired) electrons. The molecule has 0 saturated heterocycles. The highest BCUT2D eigenvalue weighted by molar-refractivity contribution is 7.99. The number of halogens is 2. The maximum absolute atomic E-state index is 12.7. The van der Waals surface area contributed by atoms with Crippen molar-refractivity contribution in [2.24, 2.45) is 0 Å². The third-order valence-corrected chi connectivity index (χ3v) is 3.26. The minimum atomic E-state index is -2.50. The van der Waals surface area contributed by atoms with Crippen LogP contribution in [-0.4, -0.2) is 18.1 Å². The van der Waals surface area contributed by atoms with Gasteiger partial charge in [-0.15, -0.1) is 0 Å². The van der Waals surface area contributed by atoms with Gasteiger partial charge in [0.15, 0.2) is 0 Å². The Labute approximate surface area is 98.6 Å². The van der Waals surface area contributed by atoms with Crippen molar-refractivity contribution >= 4 is 23.1 Å². The number of rotatable bonds is 5. The van der Waals surface area contributed by atoms with Crippen LogP contribution in [0.25, 0.3) is 0 Å². The summed E-state index contributed by atoms with van der Waals surface area (Å²) >= 11 is 1.69. The van der Waals surface area contributed by atoms with E-state index in [2.05, 4.69) is 5.32 Å². The fourth-order valence-electron chi connectivity index (χ4n) is 1.26. The summed E-state index contributed by atoms with van der Waals surface area (Å²) in [6.07, 6.45) is -0.515. The van der Waals surface area contributed by atoms with Crippen LogP contribution in [0.5, 0.6) is 0 Å². The number of hydrogen-bond donors (Lipinski definition) is 2. The highest BCUT2D eigenvalue weighted by Gasteiger charge is 2.13. The van der Waals surface area contributed by atoms with Gasteiger partial charge in [0, 0.05) is 28.7 Å². The van der Waals surface area contributed by atoms with Crippen LogP contribution in [0.3, 0.4) is 0 Å². The summed E-state index contributed by atoms with van der Waals surface area (Å²) in [6.45, 7) is 2.70. The van der Waals surface area contributed by atoms with Crippen LogP contribution in [0.15, 0.2) is 18.2 Å². The molecule has 1 unspecified atom stereocenters. The summed E-state index contributed by atoms with van der Waals surface area (Å²) in [6, 6.07) is 4.54. The van der Waals surface area contributed by atoms with Gasteiger partial charge in [0.25, 0.3) is 6.43 Å². The van der Waals surface area contributed by atoms with Gasteiger partial charge in [0.2, 0.25) is 0 Å². The quantitative estimate of drug-likeness (QED) is 0.782. The van der Waals surface area contributed by atoms with Crippen molar-refractivity contribution < 1.29 is 8.78 Å². The maximum Gasteiger partial charge on any atom is 0.265 e. The molecular weight excluding hydrogens is 230 g/mol. The van der Waals surface area contributed by atoms with Crippen LogP contribution in [-0.2, 0) is 0 Å². The van der Waals surface area contributed by atoms with E-state index in [0.717, 1.165) is 0 Å². The lowest BCUT2D eigenvalue weighted by Crippen LogP contribution is -2.14. The number of thioether (sulfide) groups is 1. The summed E-state index contributed by atoms with van der Waals surface area (Å²) in [5, 5.41) is 3.39. The third kappa shape index (κ3) is 3.56. The molecule has 0 saturated carbocycles. The standard InChI is InChI=1S/C11H16F2N2S/c1-7(16-2)6-15-10-4-3-8(14)5-9(10)11(12)13/h3-5,7,11,15H,6,14H2,1-2H3. The number of nitrogen functional groups attached to an aromatic ring is 1. The summed E-state index contributed by atoms with van der Waals surface area (Å²) in [7, 11) is 0. The third-order valence-electron chi connectivity index (χ3n) is 2.29. The maximum atomic E-state index is 12.7. The molecule has 2 nitrogen and oxygen atoms in total. The van der Waals surface area contributed by atoms with Crippen molar-refractivity contribution in [3.8, 4) is 0 Å². The molecule has 1 aromatic rings. The Hall–Kier alpha value is -0.970. The van der Waals surface area contributed by atoms with E-state index in [1.807, 2.05) is 13.2 Å². The first-order chi connectivity index (χ1) is 7.54. The number of alkyl halides is 2. The van der Waals surface area contributed by atoms with Crippen LogP contribution in [0, 0.1) is 0 Å². The molecule has 5 heteroatoms. The van der Waals surface area contributed by atoms with Gasteiger partial charge in [0.1, 0.15) is 0 Å². The molecule has 1 rings (SSSR count). The Kier molecular flexibility index (Phi) is 4.86. The van der Waals surface area contributed by atoms with Crippen molar-refractivity contribution in [2.45, 2.75) is 18.6 Å². The summed E-state index contributed by atoms with van der Waals surface area (Å²) in [4.78, 5) is 0. The lowest BCUT2D eigenvalue weighted by Gasteiger charge is -2.14. The van der Waals surface area contributed by atoms with Crippen molar-refractivity contribution in [1.29, 1.82) is 0 Å². The van der Waals surface area contributed by atoms with Crippen LogP contribution >= 0.6 is 11.8 Å². The van der Waals surface area contributed by atoms with E-state index in [1.54, 1.807) is 23.9 Å². The number of hydrogen-bond acceptors (Lipinski definition) is 3. The Morgan fingerprint density at radius 1 is 1.44 bits per heavy atom. The SMILES string of the molecule is CSC(C)CNc1ccc(N)cc1C(F)F. The average Bonchev–Trinajstić information content (AvgIpc) is 2.26. The zero-order chi connectivity index (χ0) is 12.1. The lowest BCUT2D eigenvalue weighted by atomic mass is 10.1. The van der Waals surface area contributed by atoms with Crippen molar-refractivity contribution in [1.82, 2.24) is 0 Å². The van der Waals surface area contributed by atoms with Gasteiger partial charge in [-0.2, -0.15) is 11.8 Å². The minimum Gasteiger partial charge on any atom is -0.399 e. The van der Waals surface area contributed by atoms with Crippen LogP contribution in [0.2, 0.25) is 0 Å². The molecule has 0 fully saturated rings. The second-order valence-corrected chi connectivity index (χ2v) is 4.85. The highest BCUT2D eigenvalue weighted by Crippen LogP contribution is 2.29. The van der Waals surface area contributed by atoms with Gasteiger partial charge in [-0.25, -0.2) is 8.78 Å². The molecule has 0 aliphatic heterocycles. The zero-order valence-electron chi connectivity index (χ0n) is 9.34. The monoisotopic (exact) mass is 246 g/mol. The van der Waals surface area contributed by atoms with E-state index in [-0.39, 0.29) is 5.56 Å². The first-order valence-corrected chi connectivity index (χ1v) is 6.27. The number of benzene rings is 1. The van der Waals surface area contributed by atoms with Crippen LogP contribution in [0.4, 0.5) is 20.2 Å². The Morgan fingerprint density at radius 2 is 2.12 bits per heavy atom. The predicted molar refractivity (Wildman–Crippen MR) is 67.3 cm³/mol. The summed E-state index contributed by atoms with van der Waals surface area (Å²) in [5.74, 6) is 0. The summed E-state index contributed by atoms with van der Waals surface area (Å²) in [5.41, 5.74) is 6.27. The van der Waals surface area contributed by atoms with Crippen molar-refractivity contribution in [3.63, 3.8) is 0 Å². The molecule has 0 aliphatic rings. The smallest absolute Gasteiger partial charge is 0.265 e. The molecule has 0 aromatic heterocycles. The van der Waals surface area contributed by atoms with Gasteiger partial charge < -0.3 is 11.1 Å². The van der Waals surface area contributed by atoms with Crippen LogP contribution < -0.4 is 11.1 Å². The van der Waals surface area contributed by atoms with Crippen molar-refractivity contribution in [2.75, 3.05) is 23.9 Å². The Morgan fingerprint density at radius 3 is 2.69 bits per heavy atom. The second kappa shape index (κ2) is 5.94. The first-order valence-electron chi connectivity index (χ1n) is 4.98. The molecule has 0 heterocycles. The second-order valence-electron chi connectivity index (χ2n) is 3.57. The van der Waals surface area contributed by atoms with Crippen molar-refractivity contribution in [3.05, 3.63) is 23.8 Å². The molecular formula is C11H16F2N2S. The topological polar surface area (TPSA) is 38.0 Å². The number of nitrogens with one attached hydrogen (secondary N) is 1. The van der Waals surface area contributed by atoms with Gasteiger partial charge in [-0.1, -0.05) is 6.92 Å². The Balaban J connectivity index is 2.78. The fourth-order valence-corrected chi connectivity index (χ4v) is 1.51. The number of nitrogens with two attached hydrogens (primary N) is 1. The fraction of sp³-hybridized carbons (Fsp3) is 0.455. The number of anilines is 2. The minimum absolute atomic E-state index is 0.0340. The zero-order valence-corrected chi connectivity index (χ0v) is 10.2. The van der Waals surface area contributed by atoms with Gasteiger partial charge >= 0.3 is 0 Å². The van der Waals surface area contributed by atoms with Gasteiger partial charge in [-0.3, -0.25) is 0 Å². The highest BCUT2D eigenvalue weighted by atomic mass is 32.2. The first kappa shape index (κ1) is 13.1. The molecule has 3 N–H and O–H groups in total. The van der Waals surface area contributed by atoms with Gasteiger partial charge in [-0.05, 0) is 24.5 Å². The Bertz CT molecular complexity index is 345. The average molecular weight is 246 g/mol. The van der Waals surface area contributed by atoms with E-state index in [1.165, 1.54) is 6.07 Å². The van der Waals surface area contributed by atoms with Crippen LogP contribution in [0.1, 0.15) is 18.9 Å². The normalized spacial score (nSPS) is 12.8. The molecule has 0 aliphatic carbocycles. The van der Waals surface area contributed by atoms with E-state index in [9.17, 15) is 8.78 Å². The van der Waals surface area contributed by atoms with E-state index < -0.39 is 6.43 Å². The molecule has 16 heavy (non-hydrogen) atoms. The molecule has 1 aromatic carbocycles. The molecule has 0 bridgehead atoms. The summed E-state index contributed by atoms with van der Waals surface area (Å²) < 4.78 is 25.4. The van der Waals surface area contributed by atoms with E-state index >= 15 is 0 Å². The molecule has 90 valence electrons. The van der Waals surface area contributed by atoms with E-state index in [4.69, 9.17) is 5.73 Å². The molecule has 1 atom stereocenters. The molecule has 0 amide bonds. The van der Waals surface area contributed by atoms with Gasteiger partial charge in [0.05, 0.1) is 0 Å². The predicted octanol–water partition coefficient (Wildman–Crippen LogP) is 3.37. The van der Waals surface area contributed by atoms with E-state index in [0.29, 0.717) is 23.2 Å². The lowest BCUT2D eigenvalue weighted by molar-refractivity contribution is 0.152.